The summed E-state index contributed by atoms with van der Waals surface area (Å²) in [4.78, 5) is 10.3. The average Bonchev–Trinajstić information content (AvgIpc) is 2.21. The molecule has 17 heavy (non-hydrogen) atoms. The molecular formula is C14H20O2S. The quantitative estimate of drug-likeness (QED) is 0.750. The number of carboxylic acid groups (broad SMARTS) is 1. The minimum Gasteiger partial charge on any atom is -0.481 e. The third kappa shape index (κ3) is 6.37. The lowest BCUT2D eigenvalue weighted by atomic mass is 10.1. The molecule has 1 rings (SSSR count). The average molecular weight is 252 g/mol. The molecule has 0 radical (unpaired) electrons. The lowest BCUT2D eigenvalue weighted by molar-refractivity contribution is -0.137. The highest BCUT2D eigenvalue weighted by Crippen LogP contribution is 2.17. The van der Waals surface area contributed by atoms with E-state index in [2.05, 4.69) is 32.0 Å². The van der Waals surface area contributed by atoms with Gasteiger partial charge in [-0.3, -0.25) is 4.79 Å². The summed E-state index contributed by atoms with van der Waals surface area (Å²) in [5.41, 5.74) is 3.99. The van der Waals surface area contributed by atoms with Gasteiger partial charge in [-0.05, 0) is 38.0 Å². The molecule has 94 valence electrons. The van der Waals surface area contributed by atoms with Gasteiger partial charge in [0.2, 0.25) is 0 Å². The van der Waals surface area contributed by atoms with Gasteiger partial charge in [0.05, 0.1) is 0 Å². The lowest BCUT2D eigenvalue weighted by Crippen LogP contribution is -1.94. The summed E-state index contributed by atoms with van der Waals surface area (Å²) in [6.45, 7) is 4.24. The first-order chi connectivity index (χ1) is 8.08. The molecule has 1 N–H and O–H groups in total. The first-order valence-corrected chi connectivity index (χ1v) is 7.10. The smallest absolute Gasteiger partial charge is 0.303 e. The molecule has 0 unspecified atom stereocenters. The maximum absolute atomic E-state index is 10.3. The summed E-state index contributed by atoms with van der Waals surface area (Å²) >= 11 is 1.88. The fraction of sp³-hybridized carbons (Fsp3) is 0.500. The van der Waals surface area contributed by atoms with Crippen molar-refractivity contribution in [3.8, 4) is 0 Å². The van der Waals surface area contributed by atoms with E-state index in [1.807, 2.05) is 11.8 Å². The third-order valence-corrected chi connectivity index (χ3v) is 3.59. The number of benzene rings is 1. The van der Waals surface area contributed by atoms with E-state index in [0.29, 0.717) is 6.42 Å². The maximum atomic E-state index is 10.3. The Morgan fingerprint density at radius 2 is 1.82 bits per heavy atom. The Hall–Kier alpha value is -0.960. The number of rotatable bonds is 7. The Labute approximate surface area is 107 Å². The van der Waals surface area contributed by atoms with Crippen molar-refractivity contribution in [3.63, 3.8) is 0 Å². The van der Waals surface area contributed by atoms with E-state index in [0.717, 1.165) is 24.3 Å². The van der Waals surface area contributed by atoms with Gasteiger partial charge in [0.1, 0.15) is 0 Å². The van der Waals surface area contributed by atoms with Crippen LogP contribution in [0, 0.1) is 13.8 Å². The molecule has 0 saturated heterocycles. The summed E-state index contributed by atoms with van der Waals surface area (Å²) in [6.07, 6.45) is 2.07. The Balaban J connectivity index is 2.20. The Morgan fingerprint density at radius 1 is 1.18 bits per heavy atom. The van der Waals surface area contributed by atoms with Crippen LogP contribution in [0.25, 0.3) is 0 Å². The van der Waals surface area contributed by atoms with E-state index in [1.54, 1.807) is 0 Å². The van der Waals surface area contributed by atoms with E-state index in [1.165, 1.54) is 16.7 Å². The van der Waals surface area contributed by atoms with Gasteiger partial charge in [0.15, 0.2) is 0 Å². The minimum atomic E-state index is -0.690. The van der Waals surface area contributed by atoms with Crippen LogP contribution in [0.1, 0.15) is 36.0 Å². The molecule has 1 aromatic rings. The summed E-state index contributed by atoms with van der Waals surface area (Å²) in [5, 5.41) is 8.50. The third-order valence-electron chi connectivity index (χ3n) is 2.48. The van der Waals surface area contributed by atoms with Crippen molar-refractivity contribution in [2.45, 2.75) is 38.9 Å². The zero-order chi connectivity index (χ0) is 12.7. The largest absolute Gasteiger partial charge is 0.481 e. The Bertz CT molecular complexity index is 354. The molecule has 0 aromatic heterocycles. The molecule has 0 atom stereocenters. The topological polar surface area (TPSA) is 37.3 Å². The molecule has 0 aliphatic rings. The molecule has 0 bridgehead atoms. The van der Waals surface area contributed by atoms with Crippen molar-refractivity contribution in [2.75, 3.05) is 5.75 Å². The SMILES string of the molecule is Cc1cc(C)cc(CSCCCCC(=O)O)c1. The van der Waals surface area contributed by atoms with Crippen LogP contribution >= 0.6 is 11.8 Å². The molecule has 0 aliphatic carbocycles. The molecule has 0 fully saturated rings. The fourth-order valence-electron chi connectivity index (χ4n) is 1.82. The molecule has 0 heterocycles. The van der Waals surface area contributed by atoms with Crippen molar-refractivity contribution >= 4 is 17.7 Å². The second-order valence-electron chi connectivity index (χ2n) is 4.40. The second-order valence-corrected chi connectivity index (χ2v) is 5.50. The van der Waals surface area contributed by atoms with Crippen molar-refractivity contribution in [1.82, 2.24) is 0 Å². The van der Waals surface area contributed by atoms with Crippen molar-refractivity contribution < 1.29 is 9.90 Å². The lowest BCUT2D eigenvalue weighted by Gasteiger charge is -2.05. The van der Waals surface area contributed by atoms with Crippen molar-refractivity contribution in [3.05, 3.63) is 34.9 Å². The molecular weight excluding hydrogens is 232 g/mol. The van der Waals surface area contributed by atoms with Crippen molar-refractivity contribution in [1.29, 1.82) is 0 Å². The normalized spacial score (nSPS) is 10.5. The highest BCUT2D eigenvalue weighted by Gasteiger charge is 1.98. The van der Waals surface area contributed by atoms with Crippen LogP contribution < -0.4 is 0 Å². The zero-order valence-electron chi connectivity index (χ0n) is 10.5. The minimum absolute atomic E-state index is 0.296. The number of carboxylic acids is 1. The molecule has 2 nitrogen and oxygen atoms in total. The Kier molecular flexibility index (Phi) is 6.12. The van der Waals surface area contributed by atoms with Gasteiger partial charge in [-0.15, -0.1) is 0 Å². The van der Waals surface area contributed by atoms with E-state index < -0.39 is 5.97 Å². The van der Waals surface area contributed by atoms with Crippen molar-refractivity contribution in [2.24, 2.45) is 0 Å². The number of hydrogen-bond acceptors (Lipinski definition) is 2. The molecule has 3 heteroatoms. The van der Waals surface area contributed by atoms with Crippen LogP contribution in [-0.4, -0.2) is 16.8 Å². The van der Waals surface area contributed by atoms with E-state index in [4.69, 9.17) is 5.11 Å². The van der Waals surface area contributed by atoms with Gasteiger partial charge < -0.3 is 5.11 Å². The maximum Gasteiger partial charge on any atom is 0.303 e. The predicted octanol–water partition coefficient (Wildman–Crippen LogP) is 3.79. The van der Waals surface area contributed by atoms with Gasteiger partial charge in [0.25, 0.3) is 0 Å². The number of carbonyl (C=O) groups is 1. The van der Waals surface area contributed by atoms with Crippen LogP contribution in [0.4, 0.5) is 0 Å². The van der Waals surface area contributed by atoms with Gasteiger partial charge in [-0.2, -0.15) is 11.8 Å². The first kappa shape index (κ1) is 14.1. The van der Waals surface area contributed by atoms with Crippen LogP contribution in [-0.2, 0) is 10.5 Å². The van der Waals surface area contributed by atoms with E-state index >= 15 is 0 Å². The second kappa shape index (κ2) is 7.38. The zero-order valence-corrected chi connectivity index (χ0v) is 11.3. The molecule has 0 spiro atoms. The fourth-order valence-corrected chi connectivity index (χ4v) is 2.78. The first-order valence-electron chi connectivity index (χ1n) is 5.94. The number of thioether (sulfide) groups is 1. The Morgan fingerprint density at radius 3 is 2.41 bits per heavy atom. The highest BCUT2D eigenvalue weighted by molar-refractivity contribution is 7.98. The number of unbranched alkanes of at least 4 members (excludes halogenated alkanes) is 1. The summed E-state index contributed by atoms with van der Waals surface area (Å²) in [7, 11) is 0. The monoisotopic (exact) mass is 252 g/mol. The van der Waals surface area contributed by atoms with Gasteiger partial charge in [-0.25, -0.2) is 0 Å². The van der Waals surface area contributed by atoms with Crippen LogP contribution in [0.5, 0.6) is 0 Å². The van der Waals surface area contributed by atoms with E-state index in [9.17, 15) is 4.79 Å². The summed E-state index contributed by atoms with van der Waals surface area (Å²) in [5.74, 6) is 1.37. The van der Waals surface area contributed by atoms with E-state index in [-0.39, 0.29) is 0 Å². The summed E-state index contributed by atoms with van der Waals surface area (Å²) < 4.78 is 0. The molecule has 1 aromatic carbocycles. The molecule has 0 saturated carbocycles. The predicted molar refractivity (Wildman–Crippen MR) is 73.6 cm³/mol. The number of aliphatic carboxylic acids is 1. The molecule has 0 amide bonds. The van der Waals surface area contributed by atoms with Gasteiger partial charge in [-0.1, -0.05) is 29.3 Å². The standard InChI is InChI=1S/C14H20O2S/c1-11-7-12(2)9-13(8-11)10-17-6-4-3-5-14(15)16/h7-9H,3-6,10H2,1-2H3,(H,15,16). The molecule has 0 aliphatic heterocycles. The number of aryl methyl sites for hydroxylation is 2. The van der Waals surface area contributed by atoms with Gasteiger partial charge in [0, 0.05) is 12.2 Å². The number of hydrogen-bond donors (Lipinski definition) is 1. The van der Waals surface area contributed by atoms with Gasteiger partial charge >= 0.3 is 5.97 Å². The summed E-state index contributed by atoms with van der Waals surface area (Å²) in [6, 6.07) is 6.62. The van der Waals surface area contributed by atoms with Crippen LogP contribution in [0.15, 0.2) is 18.2 Å². The van der Waals surface area contributed by atoms with Crippen LogP contribution in [0.2, 0.25) is 0 Å². The van der Waals surface area contributed by atoms with Crippen LogP contribution in [0.3, 0.4) is 0 Å². The highest BCUT2D eigenvalue weighted by atomic mass is 32.2.